The first-order valence-corrected chi connectivity index (χ1v) is 8.36. The largest absolute Gasteiger partial charge is 0.467 e. The van der Waals surface area contributed by atoms with Crippen LogP contribution in [0.1, 0.15) is 46.1 Å². The lowest BCUT2D eigenvalue weighted by Crippen LogP contribution is -2.39. The molecule has 25 heavy (non-hydrogen) atoms. The Morgan fingerprint density at radius 3 is 2.12 bits per heavy atom. The van der Waals surface area contributed by atoms with Gasteiger partial charge in [0, 0.05) is 12.8 Å². The Morgan fingerprint density at radius 1 is 1.08 bits per heavy atom. The maximum absolute atomic E-state index is 11.3. The highest BCUT2D eigenvalue weighted by molar-refractivity contribution is 5.80. The standard InChI is InChI=1S/C12H15NO4.C7H14O/c1-9(11(14)16-2)13-12(15)17-8-10-6-4-3-5-7-10;1-4-7(8)5-6(2)3/h3-7,9H,8H2,1-2H3,(H,13,15);6H,4-5H2,1-3H3. The number of methoxy groups -OCH3 is 1. The minimum Gasteiger partial charge on any atom is -0.467 e. The molecule has 1 rings (SSSR count). The molecule has 0 spiro atoms. The van der Waals surface area contributed by atoms with E-state index in [1.807, 2.05) is 37.3 Å². The second-order valence-corrected chi connectivity index (χ2v) is 5.94. The molecule has 0 bridgehead atoms. The summed E-state index contributed by atoms with van der Waals surface area (Å²) >= 11 is 0. The summed E-state index contributed by atoms with van der Waals surface area (Å²) in [6.45, 7) is 7.72. The van der Waals surface area contributed by atoms with Gasteiger partial charge in [0.1, 0.15) is 18.4 Å². The lowest BCUT2D eigenvalue weighted by molar-refractivity contribution is -0.142. The molecule has 0 saturated carbocycles. The summed E-state index contributed by atoms with van der Waals surface area (Å²) in [6, 6.07) is 8.56. The first-order valence-electron chi connectivity index (χ1n) is 8.36. The van der Waals surface area contributed by atoms with Crippen molar-refractivity contribution in [2.24, 2.45) is 5.92 Å². The van der Waals surface area contributed by atoms with Crippen molar-refractivity contribution >= 4 is 17.8 Å². The van der Waals surface area contributed by atoms with Gasteiger partial charge < -0.3 is 14.8 Å². The Morgan fingerprint density at radius 2 is 1.68 bits per heavy atom. The number of hydrogen-bond donors (Lipinski definition) is 1. The fourth-order valence-electron chi connectivity index (χ4n) is 1.78. The molecule has 1 atom stereocenters. The zero-order valence-corrected chi connectivity index (χ0v) is 15.7. The lowest BCUT2D eigenvalue weighted by Gasteiger charge is -2.11. The zero-order chi connectivity index (χ0) is 19.2. The minimum absolute atomic E-state index is 0.167. The molecule has 1 N–H and O–H groups in total. The van der Waals surface area contributed by atoms with Crippen molar-refractivity contribution in [3.63, 3.8) is 0 Å². The van der Waals surface area contributed by atoms with Gasteiger partial charge in [-0.1, -0.05) is 51.1 Å². The van der Waals surface area contributed by atoms with E-state index in [1.54, 1.807) is 0 Å². The van der Waals surface area contributed by atoms with Crippen molar-refractivity contribution in [3.05, 3.63) is 35.9 Å². The Hall–Kier alpha value is -2.37. The average Bonchev–Trinajstić information content (AvgIpc) is 2.60. The summed E-state index contributed by atoms with van der Waals surface area (Å²) in [5.41, 5.74) is 0.883. The number of ether oxygens (including phenoxy) is 2. The quantitative estimate of drug-likeness (QED) is 0.761. The number of hydrogen-bond acceptors (Lipinski definition) is 5. The molecule has 1 amide bonds. The maximum Gasteiger partial charge on any atom is 0.408 e. The van der Waals surface area contributed by atoms with Crippen LogP contribution in [0.15, 0.2) is 30.3 Å². The molecular formula is C19H29NO5. The molecule has 0 fully saturated rings. The molecule has 0 heterocycles. The van der Waals surface area contributed by atoms with Gasteiger partial charge in [0.15, 0.2) is 0 Å². The summed E-state index contributed by atoms with van der Waals surface area (Å²) in [5, 5.41) is 2.37. The van der Waals surface area contributed by atoms with E-state index in [2.05, 4.69) is 23.9 Å². The third-order valence-electron chi connectivity index (χ3n) is 3.13. The molecular weight excluding hydrogens is 322 g/mol. The van der Waals surface area contributed by atoms with Crippen LogP contribution in [0.25, 0.3) is 0 Å². The van der Waals surface area contributed by atoms with Gasteiger partial charge in [-0.05, 0) is 18.4 Å². The monoisotopic (exact) mass is 351 g/mol. The number of alkyl carbamates (subject to hydrolysis) is 1. The number of esters is 1. The summed E-state index contributed by atoms with van der Waals surface area (Å²) < 4.78 is 9.40. The number of carbonyl (C=O) groups is 3. The number of rotatable bonds is 7. The molecule has 0 aliphatic carbocycles. The first kappa shape index (κ1) is 22.6. The van der Waals surface area contributed by atoms with Crippen LogP contribution in [-0.4, -0.2) is 31.0 Å². The van der Waals surface area contributed by atoms with Crippen LogP contribution >= 0.6 is 0 Å². The van der Waals surface area contributed by atoms with Gasteiger partial charge in [-0.15, -0.1) is 0 Å². The Bertz CT molecular complexity index is 528. The minimum atomic E-state index is -0.719. The average molecular weight is 351 g/mol. The topological polar surface area (TPSA) is 81.7 Å². The van der Waals surface area contributed by atoms with Crippen molar-refractivity contribution < 1.29 is 23.9 Å². The smallest absolute Gasteiger partial charge is 0.408 e. The van der Waals surface area contributed by atoms with Gasteiger partial charge in [-0.2, -0.15) is 0 Å². The van der Waals surface area contributed by atoms with Crippen LogP contribution in [0.4, 0.5) is 4.79 Å². The third kappa shape index (κ3) is 11.8. The van der Waals surface area contributed by atoms with E-state index in [0.717, 1.165) is 12.0 Å². The van der Waals surface area contributed by atoms with E-state index in [9.17, 15) is 14.4 Å². The molecule has 0 aliphatic heterocycles. The fourth-order valence-corrected chi connectivity index (χ4v) is 1.78. The third-order valence-corrected chi connectivity index (χ3v) is 3.13. The SMILES string of the molecule is CCC(=O)CC(C)C.COC(=O)C(C)NC(=O)OCc1ccccc1. The molecule has 1 aromatic carbocycles. The predicted molar refractivity (Wildman–Crippen MR) is 96.0 cm³/mol. The van der Waals surface area contributed by atoms with E-state index >= 15 is 0 Å². The Kier molecular flexibility index (Phi) is 11.8. The van der Waals surface area contributed by atoms with Gasteiger partial charge in [0.25, 0.3) is 0 Å². The molecule has 6 heteroatoms. The van der Waals surface area contributed by atoms with E-state index in [1.165, 1.54) is 14.0 Å². The van der Waals surface area contributed by atoms with E-state index in [-0.39, 0.29) is 6.61 Å². The molecule has 0 saturated heterocycles. The number of benzene rings is 1. The van der Waals surface area contributed by atoms with Crippen LogP contribution in [0, 0.1) is 5.92 Å². The molecule has 0 aliphatic rings. The van der Waals surface area contributed by atoms with Crippen molar-refractivity contribution in [1.82, 2.24) is 5.32 Å². The molecule has 0 aromatic heterocycles. The number of ketones is 1. The first-order chi connectivity index (χ1) is 11.8. The second-order valence-electron chi connectivity index (χ2n) is 5.94. The normalized spacial score (nSPS) is 11.0. The highest BCUT2D eigenvalue weighted by Crippen LogP contribution is 2.01. The summed E-state index contributed by atoms with van der Waals surface area (Å²) in [4.78, 5) is 33.0. The van der Waals surface area contributed by atoms with Crippen molar-refractivity contribution in [2.75, 3.05) is 7.11 Å². The molecule has 1 aromatic rings. The Labute approximate surface area is 149 Å². The van der Waals surface area contributed by atoms with Crippen LogP contribution in [0.5, 0.6) is 0 Å². The van der Waals surface area contributed by atoms with Gasteiger partial charge in [-0.3, -0.25) is 4.79 Å². The highest BCUT2D eigenvalue weighted by atomic mass is 16.6. The highest BCUT2D eigenvalue weighted by Gasteiger charge is 2.16. The Balaban J connectivity index is 0.000000609. The maximum atomic E-state index is 11.3. The lowest BCUT2D eigenvalue weighted by atomic mass is 10.1. The van der Waals surface area contributed by atoms with Crippen LogP contribution in [-0.2, 0) is 25.7 Å². The van der Waals surface area contributed by atoms with Crippen molar-refractivity contribution in [3.8, 4) is 0 Å². The van der Waals surface area contributed by atoms with Crippen LogP contribution in [0.3, 0.4) is 0 Å². The fraction of sp³-hybridized carbons (Fsp3) is 0.526. The van der Waals surface area contributed by atoms with E-state index in [4.69, 9.17) is 4.74 Å². The molecule has 140 valence electrons. The summed E-state index contributed by atoms with van der Waals surface area (Å²) in [6.07, 6.45) is 0.793. The van der Waals surface area contributed by atoms with Crippen molar-refractivity contribution in [2.45, 2.75) is 53.2 Å². The number of amides is 1. The zero-order valence-electron chi connectivity index (χ0n) is 15.7. The van der Waals surface area contributed by atoms with Crippen LogP contribution < -0.4 is 5.32 Å². The van der Waals surface area contributed by atoms with Gasteiger partial charge in [0.05, 0.1) is 7.11 Å². The van der Waals surface area contributed by atoms with Crippen LogP contribution in [0.2, 0.25) is 0 Å². The molecule has 1 unspecified atom stereocenters. The predicted octanol–water partition coefficient (Wildman–Crippen LogP) is 3.49. The second kappa shape index (κ2) is 13.0. The van der Waals surface area contributed by atoms with Gasteiger partial charge >= 0.3 is 12.1 Å². The van der Waals surface area contributed by atoms with E-state index in [0.29, 0.717) is 18.1 Å². The van der Waals surface area contributed by atoms with Gasteiger partial charge in [0.2, 0.25) is 0 Å². The molecule has 0 radical (unpaired) electrons. The van der Waals surface area contributed by atoms with Crippen molar-refractivity contribution in [1.29, 1.82) is 0 Å². The van der Waals surface area contributed by atoms with Gasteiger partial charge in [-0.25, -0.2) is 9.59 Å². The molecule has 6 nitrogen and oxygen atoms in total. The number of carbonyl (C=O) groups excluding carboxylic acids is 3. The summed E-state index contributed by atoms with van der Waals surface area (Å²) in [7, 11) is 1.26. The summed E-state index contributed by atoms with van der Waals surface area (Å²) in [5.74, 6) is 0.393. The number of Topliss-reactive ketones (excluding diaryl/α,β-unsaturated/α-hetero) is 1. The number of nitrogens with one attached hydrogen (secondary N) is 1. The van der Waals surface area contributed by atoms with E-state index < -0.39 is 18.1 Å².